The van der Waals surface area contributed by atoms with Crippen molar-refractivity contribution in [3.63, 3.8) is 0 Å². The number of H-pyrrole nitrogens is 1. The summed E-state index contributed by atoms with van der Waals surface area (Å²) in [4.78, 5) is 48.5. The third kappa shape index (κ3) is 5.09. The zero-order chi connectivity index (χ0) is 25.9. The van der Waals surface area contributed by atoms with E-state index < -0.39 is 0 Å². The number of aromatic nitrogens is 4. The zero-order valence-electron chi connectivity index (χ0n) is 21.3. The average molecular weight is 510 g/mol. The van der Waals surface area contributed by atoms with Gasteiger partial charge in [0.25, 0.3) is 5.91 Å². The minimum absolute atomic E-state index is 0.0285. The fraction of sp³-hybridized carbons (Fsp3) is 0.345. The summed E-state index contributed by atoms with van der Waals surface area (Å²) in [6.45, 7) is 3.92. The first kappa shape index (κ1) is 24.1. The van der Waals surface area contributed by atoms with Crippen LogP contribution in [-0.2, 0) is 6.42 Å². The Hall–Kier alpha value is -4.27. The average Bonchev–Trinajstić information content (AvgIpc) is 3.41. The molecular weight excluding hydrogens is 478 g/mol. The number of nitrogens with one attached hydrogen (secondary N) is 1. The molecule has 0 atom stereocenters. The molecule has 2 saturated heterocycles. The van der Waals surface area contributed by atoms with Crippen molar-refractivity contribution in [2.75, 3.05) is 39.3 Å². The molecule has 3 amide bonds. The number of aromatic amines is 1. The van der Waals surface area contributed by atoms with Crippen molar-refractivity contribution < 1.29 is 9.59 Å². The summed E-state index contributed by atoms with van der Waals surface area (Å²) in [6, 6.07) is 15.8. The van der Waals surface area contributed by atoms with Crippen LogP contribution in [0.15, 0.2) is 60.9 Å². The Bertz CT molecular complexity index is 1440. The molecule has 5 heterocycles. The van der Waals surface area contributed by atoms with Crippen LogP contribution in [0.3, 0.4) is 0 Å². The summed E-state index contributed by atoms with van der Waals surface area (Å²) in [5.74, 6) is 0.690. The number of benzene rings is 1. The van der Waals surface area contributed by atoms with Crippen molar-refractivity contribution in [2.24, 2.45) is 0 Å². The standard InChI is InChI=1S/C29H31N7O2/c37-28(34-14-16-36(17-15-34)29(38)35-12-4-1-5-13-35)26-20-22-18-21(7-8-23(22)32-26)19-27-31-11-9-25(33-27)24-6-2-3-10-30-24/h2-3,6-11,18,20,32H,1,4-5,12-17,19H2. The van der Waals surface area contributed by atoms with Crippen molar-refractivity contribution in [2.45, 2.75) is 25.7 Å². The molecule has 0 aliphatic carbocycles. The predicted molar refractivity (Wildman–Crippen MR) is 145 cm³/mol. The summed E-state index contributed by atoms with van der Waals surface area (Å²) in [5.41, 5.74) is 4.17. The molecule has 0 radical (unpaired) electrons. The van der Waals surface area contributed by atoms with Crippen LogP contribution in [-0.4, -0.2) is 85.8 Å². The fourth-order valence-electron chi connectivity index (χ4n) is 5.29. The minimum Gasteiger partial charge on any atom is -0.351 e. The maximum atomic E-state index is 13.3. The number of urea groups is 1. The maximum absolute atomic E-state index is 13.3. The van der Waals surface area contributed by atoms with Crippen LogP contribution >= 0.6 is 0 Å². The molecule has 1 aromatic carbocycles. The second kappa shape index (κ2) is 10.6. The summed E-state index contributed by atoms with van der Waals surface area (Å²) in [5, 5.41) is 0.977. The monoisotopic (exact) mass is 509 g/mol. The zero-order valence-corrected chi connectivity index (χ0v) is 21.3. The molecule has 3 aromatic heterocycles. The van der Waals surface area contributed by atoms with E-state index >= 15 is 0 Å². The van der Waals surface area contributed by atoms with E-state index in [-0.39, 0.29) is 11.9 Å². The number of piperazine rings is 1. The van der Waals surface area contributed by atoms with E-state index in [1.807, 2.05) is 57.2 Å². The van der Waals surface area contributed by atoms with Gasteiger partial charge in [-0.1, -0.05) is 12.1 Å². The number of carbonyl (C=O) groups is 2. The van der Waals surface area contributed by atoms with Crippen LogP contribution in [0, 0.1) is 0 Å². The first-order valence-corrected chi connectivity index (χ1v) is 13.3. The number of hydrogen-bond acceptors (Lipinski definition) is 5. The molecule has 0 saturated carbocycles. The molecule has 9 heteroatoms. The number of rotatable bonds is 4. The Labute approximate surface area is 221 Å². The molecular formula is C29H31N7O2. The van der Waals surface area contributed by atoms with Gasteiger partial charge in [0, 0.05) is 69.0 Å². The maximum Gasteiger partial charge on any atom is 0.320 e. The van der Waals surface area contributed by atoms with Gasteiger partial charge in [-0.3, -0.25) is 9.78 Å². The molecule has 0 spiro atoms. The van der Waals surface area contributed by atoms with Crippen LogP contribution < -0.4 is 0 Å². The third-order valence-electron chi connectivity index (χ3n) is 7.37. The molecule has 0 unspecified atom stereocenters. The molecule has 4 aromatic rings. The van der Waals surface area contributed by atoms with E-state index in [1.54, 1.807) is 12.4 Å². The van der Waals surface area contributed by atoms with Crippen LogP contribution in [0.4, 0.5) is 4.79 Å². The predicted octanol–water partition coefficient (Wildman–Crippen LogP) is 3.97. The van der Waals surface area contributed by atoms with Gasteiger partial charge < -0.3 is 19.7 Å². The van der Waals surface area contributed by atoms with Gasteiger partial charge in [-0.15, -0.1) is 0 Å². The van der Waals surface area contributed by atoms with Crippen LogP contribution in [0.5, 0.6) is 0 Å². The topological polar surface area (TPSA) is 98.3 Å². The van der Waals surface area contributed by atoms with Gasteiger partial charge in [0.2, 0.25) is 0 Å². The van der Waals surface area contributed by atoms with Gasteiger partial charge in [0.05, 0.1) is 11.4 Å². The van der Waals surface area contributed by atoms with Crippen molar-refractivity contribution in [3.05, 3.63) is 78.0 Å². The molecule has 194 valence electrons. The van der Waals surface area contributed by atoms with E-state index in [0.717, 1.165) is 59.6 Å². The summed E-state index contributed by atoms with van der Waals surface area (Å²) < 4.78 is 0. The number of nitrogens with zero attached hydrogens (tertiary/aromatic N) is 6. The van der Waals surface area contributed by atoms with Gasteiger partial charge in [0.1, 0.15) is 11.5 Å². The third-order valence-corrected chi connectivity index (χ3v) is 7.37. The highest BCUT2D eigenvalue weighted by Crippen LogP contribution is 2.21. The smallest absolute Gasteiger partial charge is 0.320 e. The Morgan fingerprint density at radius 3 is 2.34 bits per heavy atom. The van der Waals surface area contributed by atoms with Gasteiger partial charge in [-0.05, 0) is 61.2 Å². The lowest BCUT2D eigenvalue weighted by Gasteiger charge is -2.38. The van der Waals surface area contributed by atoms with E-state index in [9.17, 15) is 9.59 Å². The summed E-state index contributed by atoms with van der Waals surface area (Å²) in [6.07, 6.45) is 7.46. The number of fused-ring (bicyclic) bond motifs is 1. The molecule has 38 heavy (non-hydrogen) atoms. The fourth-order valence-corrected chi connectivity index (χ4v) is 5.29. The molecule has 2 aliphatic heterocycles. The van der Waals surface area contributed by atoms with Crippen LogP contribution in [0.25, 0.3) is 22.3 Å². The van der Waals surface area contributed by atoms with Crippen LogP contribution in [0.1, 0.15) is 41.1 Å². The van der Waals surface area contributed by atoms with E-state index in [4.69, 9.17) is 0 Å². The SMILES string of the molecule is O=C(c1cc2cc(Cc3nccc(-c4ccccn4)n3)ccc2[nH]1)N1CCN(C(=O)N2CCCCC2)CC1. The molecule has 1 N–H and O–H groups in total. The Balaban J connectivity index is 1.11. The van der Waals surface area contributed by atoms with Crippen molar-refractivity contribution in [1.29, 1.82) is 0 Å². The highest BCUT2D eigenvalue weighted by molar-refractivity contribution is 5.98. The minimum atomic E-state index is -0.0285. The Kier molecular flexibility index (Phi) is 6.73. The van der Waals surface area contributed by atoms with E-state index in [2.05, 4.69) is 26.0 Å². The quantitative estimate of drug-likeness (QED) is 0.449. The number of likely N-dealkylation sites (tertiary alicyclic amines) is 1. The lowest BCUT2D eigenvalue weighted by atomic mass is 10.1. The molecule has 6 rings (SSSR count). The number of amides is 3. The largest absolute Gasteiger partial charge is 0.351 e. The number of carbonyl (C=O) groups excluding carboxylic acids is 2. The second-order valence-electron chi connectivity index (χ2n) is 9.96. The molecule has 2 fully saturated rings. The molecule has 2 aliphatic rings. The molecule has 0 bridgehead atoms. The van der Waals surface area contributed by atoms with Crippen LogP contribution in [0.2, 0.25) is 0 Å². The normalized spacial score (nSPS) is 16.2. The van der Waals surface area contributed by atoms with Crippen molar-refractivity contribution in [3.8, 4) is 11.4 Å². The lowest BCUT2D eigenvalue weighted by molar-refractivity contribution is 0.0628. The van der Waals surface area contributed by atoms with E-state index in [0.29, 0.717) is 38.3 Å². The Morgan fingerprint density at radius 2 is 1.55 bits per heavy atom. The molecule has 9 nitrogen and oxygen atoms in total. The summed E-state index contributed by atoms with van der Waals surface area (Å²) >= 11 is 0. The lowest BCUT2D eigenvalue weighted by Crippen LogP contribution is -2.54. The van der Waals surface area contributed by atoms with Crippen molar-refractivity contribution >= 4 is 22.8 Å². The van der Waals surface area contributed by atoms with E-state index in [1.165, 1.54) is 6.42 Å². The highest BCUT2D eigenvalue weighted by atomic mass is 16.2. The van der Waals surface area contributed by atoms with Gasteiger partial charge in [-0.2, -0.15) is 0 Å². The first-order chi connectivity index (χ1) is 18.6. The summed E-state index contributed by atoms with van der Waals surface area (Å²) in [7, 11) is 0. The van der Waals surface area contributed by atoms with Gasteiger partial charge in [0.15, 0.2) is 0 Å². The first-order valence-electron chi connectivity index (χ1n) is 13.3. The second-order valence-corrected chi connectivity index (χ2v) is 9.96. The van der Waals surface area contributed by atoms with Gasteiger partial charge >= 0.3 is 6.03 Å². The number of hydrogen-bond donors (Lipinski definition) is 1. The van der Waals surface area contributed by atoms with Gasteiger partial charge in [-0.25, -0.2) is 14.8 Å². The van der Waals surface area contributed by atoms with Crippen molar-refractivity contribution in [1.82, 2.24) is 34.6 Å². The Morgan fingerprint density at radius 1 is 0.763 bits per heavy atom. The highest BCUT2D eigenvalue weighted by Gasteiger charge is 2.28. The number of pyridine rings is 1. The number of piperidine rings is 1.